The molecule has 2 heterocycles. The summed E-state index contributed by atoms with van der Waals surface area (Å²) in [6.07, 6.45) is 2.69. The number of hydrogen-bond donors (Lipinski definition) is 0. The summed E-state index contributed by atoms with van der Waals surface area (Å²) in [5, 5.41) is 0.288. The van der Waals surface area contributed by atoms with Crippen molar-refractivity contribution in [2.24, 2.45) is 0 Å². The van der Waals surface area contributed by atoms with Crippen molar-refractivity contribution < 1.29 is 17.6 Å². The minimum atomic E-state index is -3.72. The maximum Gasteiger partial charge on any atom is 0.366 e. The Morgan fingerprint density at radius 3 is 2.32 bits per heavy atom. The fourth-order valence-corrected chi connectivity index (χ4v) is 2.31. The minimum Gasteiger partial charge on any atom is -0.239 e. The highest BCUT2D eigenvalue weighted by atomic mass is 35.5. The van der Waals surface area contributed by atoms with E-state index >= 15 is 0 Å². The van der Waals surface area contributed by atoms with Gasteiger partial charge in [0.25, 0.3) is 0 Å². The largest absolute Gasteiger partial charge is 0.366 e. The minimum absolute atomic E-state index is 0.00384. The van der Waals surface area contributed by atoms with Gasteiger partial charge in [0.15, 0.2) is 11.6 Å². The number of rotatable bonds is 4. The van der Waals surface area contributed by atoms with E-state index in [9.17, 15) is 17.6 Å². The molecule has 0 atom stereocenters. The SMILES string of the molecule is Fc1ccc(-n2nc(C(F)(F)Cl)cc2Cc2ncc(Cl)cn2)cc1F. The number of hydrogen-bond acceptors (Lipinski definition) is 3. The van der Waals surface area contributed by atoms with Gasteiger partial charge in [-0.1, -0.05) is 11.6 Å². The molecule has 0 saturated heterocycles. The Labute approximate surface area is 149 Å². The summed E-state index contributed by atoms with van der Waals surface area (Å²) < 4.78 is 54.4. The molecule has 0 N–H and O–H groups in total. The Hall–Kier alpha value is -2.19. The smallest absolute Gasteiger partial charge is 0.239 e. The highest BCUT2D eigenvalue weighted by molar-refractivity contribution is 6.30. The third kappa shape index (κ3) is 3.91. The van der Waals surface area contributed by atoms with Crippen LogP contribution in [0.1, 0.15) is 17.2 Å². The first-order valence-electron chi connectivity index (χ1n) is 6.82. The van der Waals surface area contributed by atoms with E-state index in [1.54, 1.807) is 0 Å². The highest BCUT2D eigenvalue weighted by Crippen LogP contribution is 2.32. The maximum atomic E-state index is 13.5. The molecular weight excluding hydrogens is 383 g/mol. The molecule has 0 aliphatic carbocycles. The summed E-state index contributed by atoms with van der Waals surface area (Å²) >= 11 is 10.7. The summed E-state index contributed by atoms with van der Waals surface area (Å²) in [5.74, 6) is -1.93. The summed E-state index contributed by atoms with van der Waals surface area (Å²) in [6.45, 7) is 0. The highest BCUT2D eigenvalue weighted by Gasteiger charge is 2.32. The van der Waals surface area contributed by atoms with Crippen molar-refractivity contribution >= 4 is 23.2 Å². The molecular formula is C15H8Cl2F4N4. The Kier molecular flexibility index (Phi) is 4.66. The standard InChI is InChI=1S/C15H8Cl2F4N4/c16-8-6-22-14(23-7-8)5-10-4-13(15(17,20)21)24-25(10)9-1-2-11(18)12(19)3-9/h1-4,6-7H,5H2. The number of aromatic nitrogens is 4. The molecule has 0 amide bonds. The van der Waals surface area contributed by atoms with Gasteiger partial charge in [-0.15, -0.1) is 0 Å². The second-order valence-corrected chi connectivity index (χ2v) is 5.93. The molecule has 0 aliphatic rings. The molecule has 2 aromatic heterocycles. The maximum absolute atomic E-state index is 13.5. The van der Waals surface area contributed by atoms with Crippen LogP contribution >= 0.6 is 23.2 Å². The third-order valence-corrected chi connectivity index (χ3v) is 3.62. The lowest BCUT2D eigenvalue weighted by molar-refractivity contribution is 0.0895. The van der Waals surface area contributed by atoms with E-state index in [0.29, 0.717) is 5.02 Å². The van der Waals surface area contributed by atoms with Crippen LogP contribution in [0.3, 0.4) is 0 Å². The van der Waals surface area contributed by atoms with Gasteiger partial charge >= 0.3 is 5.38 Å². The molecule has 130 valence electrons. The summed E-state index contributed by atoms with van der Waals surface area (Å²) in [7, 11) is 0. The van der Waals surface area contributed by atoms with Crippen LogP contribution in [0.4, 0.5) is 17.6 Å². The van der Waals surface area contributed by atoms with Crippen LogP contribution in [0.2, 0.25) is 5.02 Å². The topological polar surface area (TPSA) is 43.6 Å². The zero-order chi connectivity index (χ0) is 18.2. The van der Waals surface area contributed by atoms with Gasteiger partial charge in [0.2, 0.25) is 0 Å². The van der Waals surface area contributed by atoms with Crippen molar-refractivity contribution in [1.29, 1.82) is 0 Å². The van der Waals surface area contributed by atoms with Crippen LogP contribution in [0, 0.1) is 11.6 Å². The quantitative estimate of drug-likeness (QED) is 0.487. The van der Waals surface area contributed by atoms with Crippen LogP contribution in [0.15, 0.2) is 36.7 Å². The fraction of sp³-hybridized carbons (Fsp3) is 0.133. The second kappa shape index (κ2) is 6.61. The van der Waals surface area contributed by atoms with Gasteiger partial charge in [-0.05, 0) is 29.8 Å². The lowest BCUT2D eigenvalue weighted by Crippen LogP contribution is -2.08. The first-order chi connectivity index (χ1) is 11.7. The molecule has 3 aromatic rings. The summed E-state index contributed by atoms with van der Waals surface area (Å²) in [5.41, 5.74) is -0.471. The molecule has 0 aliphatic heterocycles. The van der Waals surface area contributed by atoms with Crippen molar-refractivity contribution in [3.05, 3.63) is 70.5 Å². The van der Waals surface area contributed by atoms with E-state index in [-0.39, 0.29) is 23.6 Å². The molecule has 0 radical (unpaired) electrons. The van der Waals surface area contributed by atoms with Gasteiger partial charge in [0, 0.05) is 18.5 Å². The van der Waals surface area contributed by atoms with E-state index in [1.807, 2.05) is 0 Å². The fourth-order valence-electron chi connectivity index (χ4n) is 2.12. The average molecular weight is 391 g/mol. The Bertz CT molecular complexity index is 907. The zero-order valence-electron chi connectivity index (χ0n) is 12.2. The van der Waals surface area contributed by atoms with Crippen LogP contribution in [-0.4, -0.2) is 19.7 Å². The first kappa shape index (κ1) is 17.6. The van der Waals surface area contributed by atoms with Crippen LogP contribution < -0.4 is 0 Å². The molecule has 3 rings (SSSR count). The summed E-state index contributed by atoms with van der Waals surface area (Å²) in [4.78, 5) is 7.95. The van der Waals surface area contributed by atoms with E-state index in [2.05, 4.69) is 15.1 Å². The van der Waals surface area contributed by atoms with Gasteiger partial charge in [-0.25, -0.2) is 23.4 Å². The Balaban J connectivity index is 2.07. The van der Waals surface area contributed by atoms with Gasteiger partial charge in [-0.2, -0.15) is 13.9 Å². The average Bonchev–Trinajstić information content (AvgIpc) is 2.96. The van der Waals surface area contributed by atoms with Gasteiger partial charge in [-0.3, -0.25) is 0 Å². The second-order valence-electron chi connectivity index (χ2n) is 5.02. The van der Waals surface area contributed by atoms with Gasteiger partial charge in [0.05, 0.1) is 22.8 Å². The summed E-state index contributed by atoms with van der Waals surface area (Å²) in [6, 6.07) is 3.96. The van der Waals surface area contributed by atoms with Gasteiger partial charge < -0.3 is 0 Å². The molecule has 0 fully saturated rings. The molecule has 1 aromatic carbocycles. The van der Waals surface area contributed by atoms with Crippen LogP contribution in [0.5, 0.6) is 0 Å². The molecule has 10 heteroatoms. The van der Waals surface area contributed by atoms with Crippen LogP contribution in [-0.2, 0) is 11.8 Å². The van der Waals surface area contributed by atoms with E-state index in [4.69, 9.17) is 23.2 Å². The molecule has 25 heavy (non-hydrogen) atoms. The molecule has 0 bridgehead atoms. The van der Waals surface area contributed by atoms with Crippen molar-refractivity contribution in [3.8, 4) is 5.69 Å². The normalized spacial score (nSPS) is 11.8. The molecule has 0 unspecified atom stereocenters. The monoisotopic (exact) mass is 390 g/mol. The number of nitrogens with zero attached hydrogens (tertiary/aromatic N) is 4. The van der Waals surface area contributed by atoms with E-state index in [1.165, 1.54) is 18.5 Å². The number of benzene rings is 1. The van der Waals surface area contributed by atoms with Crippen molar-refractivity contribution in [3.63, 3.8) is 0 Å². The Morgan fingerprint density at radius 2 is 1.72 bits per heavy atom. The zero-order valence-corrected chi connectivity index (χ0v) is 13.7. The van der Waals surface area contributed by atoms with Crippen molar-refractivity contribution in [1.82, 2.24) is 19.7 Å². The molecule has 0 spiro atoms. The number of halogens is 6. The lowest BCUT2D eigenvalue weighted by Gasteiger charge is -2.07. The van der Waals surface area contributed by atoms with Gasteiger partial charge in [0.1, 0.15) is 11.5 Å². The van der Waals surface area contributed by atoms with E-state index in [0.717, 1.165) is 22.9 Å². The Morgan fingerprint density at radius 1 is 1.04 bits per heavy atom. The third-order valence-electron chi connectivity index (χ3n) is 3.23. The lowest BCUT2D eigenvalue weighted by atomic mass is 10.2. The predicted molar refractivity (Wildman–Crippen MR) is 83.1 cm³/mol. The van der Waals surface area contributed by atoms with E-state index < -0.39 is 22.7 Å². The van der Waals surface area contributed by atoms with Crippen molar-refractivity contribution in [2.75, 3.05) is 0 Å². The molecule has 4 nitrogen and oxygen atoms in total. The van der Waals surface area contributed by atoms with Crippen molar-refractivity contribution in [2.45, 2.75) is 11.8 Å². The van der Waals surface area contributed by atoms with Crippen LogP contribution in [0.25, 0.3) is 5.69 Å². The number of alkyl halides is 3. The predicted octanol–water partition coefficient (Wildman–Crippen LogP) is 4.47. The first-order valence-corrected chi connectivity index (χ1v) is 7.57. The molecule has 0 saturated carbocycles.